The average molecular weight is 184 g/mol. The van der Waals surface area contributed by atoms with Crippen LogP contribution >= 0.6 is 0 Å². The van der Waals surface area contributed by atoms with Gasteiger partial charge in [0.15, 0.2) is 0 Å². The zero-order chi connectivity index (χ0) is 10.0. The first-order valence-corrected chi connectivity index (χ1v) is 5.62. The summed E-state index contributed by atoms with van der Waals surface area (Å²) in [6, 6.07) is 0.915. The predicted octanol–water partition coefficient (Wildman–Crippen LogP) is 1.52. The van der Waals surface area contributed by atoms with Crippen LogP contribution in [-0.4, -0.2) is 49.6 Å². The molecule has 0 bridgehead atoms. The maximum absolute atomic E-state index is 2.56. The van der Waals surface area contributed by atoms with E-state index in [1.54, 1.807) is 0 Å². The fourth-order valence-electron chi connectivity index (χ4n) is 2.61. The van der Waals surface area contributed by atoms with Crippen molar-refractivity contribution in [3.8, 4) is 0 Å². The van der Waals surface area contributed by atoms with Crippen molar-refractivity contribution >= 4 is 0 Å². The summed E-state index contributed by atoms with van der Waals surface area (Å²) in [5.74, 6) is 2.01. The second kappa shape index (κ2) is 4.43. The van der Waals surface area contributed by atoms with Gasteiger partial charge in [-0.3, -0.25) is 0 Å². The van der Waals surface area contributed by atoms with E-state index >= 15 is 0 Å². The summed E-state index contributed by atoms with van der Waals surface area (Å²) in [6.07, 6.45) is 0. The molecule has 1 aliphatic heterocycles. The Morgan fingerprint density at radius 2 is 1.62 bits per heavy atom. The Labute approximate surface area is 82.9 Å². The van der Waals surface area contributed by atoms with E-state index in [1.807, 2.05) is 13.8 Å². The van der Waals surface area contributed by atoms with Crippen LogP contribution in [0.4, 0.5) is 0 Å². The molecular weight excluding hydrogens is 160 g/mol. The Kier molecular flexibility index (Phi) is 3.74. The second-order valence-corrected chi connectivity index (χ2v) is 4.13. The Morgan fingerprint density at radius 1 is 1.15 bits per heavy atom. The number of nitrogens with zero attached hydrogens (tertiary/aromatic N) is 2. The molecule has 1 saturated carbocycles. The van der Waals surface area contributed by atoms with E-state index < -0.39 is 0 Å². The van der Waals surface area contributed by atoms with Crippen molar-refractivity contribution < 1.29 is 0 Å². The SMILES string of the molecule is CC.CCN1CC2C(C1)C2N(C)C. The first-order chi connectivity index (χ1) is 6.24. The molecule has 2 unspecified atom stereocenters. The molecule has 2 fully saturated rings. The van der Waals surface area contributed by atoms with Gasteiger partial charge in [-0.05, 0) is 32.5 Å². The van der Waals surface area contributed by atoms with Crippen LogP contribution in [0, 0.1) is 11.8 Å². The molecule has 78 valence electrons. The lowest BCUT2D eigenvalue weighted by molar-refractivity contribution is 0.258. The molecule has 0 radical (unpaired) electrons. The zero-order valence-electron chi connectivity index (χ0n) is 9.75. The lowest BCUT2D eigenvalue weighted by Gasteiger charge is -2.19. The molecule has 2 atom stereocenters. The van der Waals surface area contributed by atoms with E-state index in [1.165, 1.54) is 19.6 Å². The van der Waals surface area contributed by atoms with Gasteiger partial charge in [-0.15, -0.1) is 0 Å². The summed E-state index contributed by atoms with van der Waals surface area (Å²) in [7, 11) is 4.42. The van der Waals surface area contributed by atoms with Gasteiger partial charge in [0.05, 0.1) is 0 Å². The van der Waals surface area contributed by atoms with Gasteiger partial charge in [-0.2, -0.15) is 0 Å². The topological polar surface area (TPSA) is 6.48 Å². The maximum atomic E-state index is 2.56. The minimum atomic E-state index is 0.915. The summed E-state index contributed by atoms with van der Waals surface area (Å²) < 4.78 is 0. The fraction of sp³-hybridized carbons (Fsp3) is 1.00. The third-order valence-electron chi connectivity index (χ3n) is 3.27. The zero-order valence-corrected chi connectivity index (χ0v) is 9.75. The van der Waals surface area contributed by atoms with Crippen LogP contribution in [0.2, 0.25) is 0 Å². The minimum Gasteiger partial charge on any atom is -0.306 e. The van der Waals surface area contributed by atoms with E-state index in [0.29, 0.717) is 0 Å². The van der Waals surface area contributed by atoms with Crippen molar-refractivity contribution in [2.75, 3.05) is 33.7 Å². The van der Waals surface area contributed by atoms with Crippen LogP contribution in [0.5, 0.6) is 0 Å². The second-order valence-electron chi connectivity index (χ2n) is 4.13. The summed E-state index contributed by atoms with van der Waals surface area (Å²) in [5.41, 5.74) is 0. The average Bonchev–Trinajstić information content (AvgIpc) is 2.67. The molecule has 0 aromatic rings. The first-order valence-electron chi connectivity index (χ1n) is 5.62. The highest BCUT2D eigenvalue weighted by molar-refractivity contribution is 5.09. The molecule has 0 amide bonds. The smallest absolute Gasteiger partial charge is 0.0177 e. The van der Waals surface area contributed by atoms with Crippen molar-refractivity contribution in [3.05, 3.63) is 0 Å². The molecule has 13 heavy (non-hydrogen) atoms. The van der Waals surface area contributed by atoms with Crippen LogP contribution in [0.1, 0.15) is 20.8 Å². The predicted molar refractivity (Wildman–Crippen MR) is 57.9 cm³/mol. The van der Waals surface area contributed by atoms with Gasteiger partial charge in [-0.25, -0.2) is 0 Å². The van der Waals surface area contributed by atoms with Gasteiger partial charge in [0.25, 0.3) is 0 Å². The Hall–Kier alpha value is -0.0800. The lowest BCUT2D eigenvalue weighted by Crippen LogP contribution is -2.30. The number of piperidine rings is 1. The summed E-state index contributed by atoms with van der Waals surface area (Å²) >= 11 is 0. The van der Waals surface area contributed by atoms with Crippen molar-refractivity contribution in [1.82, 2.24) is 9.80 Å². The quantitative estimate of drug-likeness (QED) is 0.642. The van der Waals surface area contributed by atoms with Crippen LogP contribution in [0.25, 0.3) is 0 Å². The van der Waals surface area contributed by atoms with Gasteiger partial charge in [0.1, 0.15) is 0 Å². The minimum absolute atomic E-state index is 0.915. The number of fused-ring (bicyclic) bond motifs is 1. The van der Waals surface area contributed by atoms with Gasteiger partial charge >= 0.3 is 0 Å². The van der Waals surface area contributed by atoms with E-state index in [-0.39, 0.29) is 0 Å². The molecule has 0 spiro atoms. The Bertz CT molecular complexity index is 144. The van der Waals surface area contributed by atoms with Crippen LogP contribution in [-0.2, 0) is 0 Å². The molecule has 2 aliphatic rings. The van der Waals surface area contributed by atoms with E-state index in [9.17, 15) is 0 Å². The Balaban J connectivity index is 0.000000396. The molecule has 0 N–H and O–H groups in total. The van der Waals surface area contributed by atoms with Gasteiger partial charge < -0.3 is 9.80 Å². The van der Waals surface area contributed by atoms with Crippen molar-refractivity contribution in [3.63, 3.8) is 0 Å². The molecule has 0 aromatic heterocycles. The van der Waals surface area contributed by atoms with Gasteiger partial charge in [0, 0.05) is 19.1 Å². The number of rotatable bonds is 2. The standard InChI is InChI=1S/C9H18N2.C2H6/c1-4-11-5-7-8(6-11)9(7)10(2)3;1-2/h7-9H,4-6H2,1-3H3;1-2H3. The Morgan fingerprint density at radius 3 is 1.92 bits per heavy atom. The molecule has 2 heteroatoms. The molecule has 0 aromatic carbocycles. The molecule has 1 saturated heterocycles. The molecule has 1 aliphatic carbocycles. The first kappa shape index (κ1) is 11.0. The van der Waals surface area contributed by atoms with E-state index in [2.05, 4.69) is 30.8 Å². The number of hydrogen-bond acceptors (Lipinski definition) is 2. The highest BCUT2D eigenvalue weighted by Crippen LogP contribution is 2.47. The monoisotopic (exact) mass is 184 g/mol. The molecule has 1 heterocycles. The van der Waals surface area contributed by atoms with Crippen LogP contribution in [0.3, 0.4) is 0 Å². The third kappa shape index (κ3) is 2.05. The largest absolute Gasteiger partial charge is 0.306 e. The highest BCUT2D eigenvalue weighted by Gasteiger charge is 2.56. The summed E-state index contributed by atoms with van der Waals surface area (Å²) in [6.45, 7) is 10.2. The van der Waals surface area contributed by atoms with Gasteiger partial charge in [0.2, 0.25) is 0 Å². The normalized spacial score (nSPS) is 36.9. The summed E-state index contributed by atoms with van der Waals surface area (Å²) in [5, 5.41) is 0. The van der Waals surface area contributed by atoms with E-state index in [0.717, 1.165) is 17.9 Å². The van der Waals surface area contributed by atoms with Crippen LogP contribution < -0.4 is 0 Å². The van der Waals surface area contributed by atoms with Gasteiger partial charge in [-0.1, -0.05) is 20.8 Å². The maximum Gasteiger partial charge on any atom is 0.0177 e. The third-order valence-corrected chi connectivity index (χ3v) is 3.27. The van der Waals surface area contributed by atoms with E-state index in [4.69, 9.17) is 0 Å². The summed E-state index contributed by atoms with van der Waals surface area (Å²) in [4.78, 5) is 4.96. The van der Waals surface area contributed by atoms with Crippen molar-refractivity contribution in [2.45, 2.75) is 26.8 Å². The van der Waals surface area contributed by atoms with Crippen molar-refractivity contribution in [1.29, 1.82) is 0 Å². The van der Waals surface area contributed by atoms with Crippen molar-refractivity contribution in [2.24, 2.45) is 11.8 Å². The molecule has 2 nitrogen and oxygen atoms in total. The molecule has 2 rings (SSSR count). The fourth-order valence-corrected chi connectivity index (χ4v) is 2.61. The molecular formula is C11H24N2. The lowest BCUT2D eigenvalue weighted by atomic mass is 10.3. The highest BCUT2D eigenvalue weighted by atomic mass is 15.3. The van der Waals surface area contributed by atoms with Crippen LogP contribution in [0.15, 0.2) is 0 Å². The number of likely N-dealkylation sites (tertiary alicyclic amines) is 1. The number of hydrogen-bond donors (Lipinski definition) is 0.